The molecule has 0 unspecified atom stereocenters. The molecule has 0 fully saturated rings. The second kappa shape index (κ2) is 9.72. The molecule has 0 amide bonds. The third-order valence-corrected chi connectivity index (χ3v) is 3.66. The van der Waals surface area contributed by atoms with Crippen molar-refractivity contribution in [2.45, 2.75) is 32.5 Å². The zero-order valence-electron chi connectivity index (χ0n) is 14.3. The van der Waals surface area contributed by atoms with Crippen molar-refractivity contribution >= 4 is 5.97 Å². The first-order chi connectivity index (χ1) is 12.5. The van der Waals surface area contributed by atoms with Crippen LogP contribution in [0.25, 0.3) is 0 Å². The van der Waals surface area contributed by atoms with E-state index in [1.165, 1.54) is 6.07 Å². The van der Waals surface area contributed by atoms with Crippen molar-refractivity contribution in [1.29, 1.82) is 0 Å². The fraction of sp³-hybridized carbons (Fsp3) is 0.316. The lowest BCUT2D eigenvalue weighted by Crippen LogP contribution is -2.38. The number of carboxylic acid groups (broad SMARTS) is 1. The van der Waals surface area contributed by atoms with Gasteiger partial charge in [0.05, 0.1) is 6.61 Å². The van der Waals surface area contributed by atoms with Gasteiger partial charge in [-0.15, -0.1) is 0 Å². The van der Waals surface area contributed by atoms with Crippen LogP contribution in [-0.2, 0) is 17.8 Å². The molecule has 1 atom stereocenters. The Bertz CT molecular complexity index is 710. The van der Waals surface area contributed by atoms with Crippen LogP contribution >= 0.6 is 0 Å². The molecule has 0 bridgehead atoms. The lowest BCUT2D eigenvalue weighted by atomic mass is 10.1. The Kier molecular flexibility index (Phi) is 7.35. The van der Waals surface area contributed by atoms with E-state index in [0.29, 0.717) is 18.6 Å². The number of carboxylic acids is 1. The van der Waals surface area contributed by atoms with Gasteiger partial charge in [-0.2, -0.15) is 8.78 Å². The number of rotatable bonds is 10. The summed E-state index contributed by atoms with van der Waals surface area (Å²) in [4.78, 5) is 11.5. The summed E-state index contributed by atoms with van der Waals surface area (Å²) in [6.07, 6.45) is 0.334. The molecule has 0 saturated heterocycles. The van der Waals surface area contributed by atoms with Gasteiger partial charge in [-0.1, -0.05) is 36.4 Å². The molecule has 140 valence electrons. The maximum Gasteiger partial charge on any atom is 0.387 e. The van der Waals surface area contributed by atoms with Crippen LogP contribution in [0, 0.1) is 0 Å². The summed E-state index contributed by atoms with van der Waals surface area (Å²) in [5.41, 5.74) is 1.61. The van der Waals surface area contributed by atoms with Crippen molar-refractivity contribution in [3.05, 3.63) is 59.7 Å². The fourth-order valence-corrected chi connectivity index (χ4v) is 2.46. The smallest absolute Gasteiger partial charge is 0.387 e. The number of ether oxygens (including phenoxy) is 2. The van der Waals surface area contributed by atoms with Crippen LogP contribution in [0.5, 0.6) is 11.5 Å². The van der Waals surface area contributed by atoms with Crippen LogP contribution in [0.15, 0.2) is 48.5 Å². The van der Waals surface area contributed by atoms with Gasteiger partial charge >= 0.3 is 12.6 Å². The van der Waals surface area contributed by atoms with Gasteiger partial charge in [0, 0.05) is 6.54 Å². The molecule has 0 spiro atoms. The SMILES string of the molecule is CCOc1cc(CN[C@@H](Cc2ccccc2)C(=O)O)ccc1OC(F)F. The minimum atomic E-state index is -2.94. The molecule has 0 aromatic heterocycles. The lowest BCUT2D eigenvalue weighted by Gasteiger charge is -2.16. The topological polar surface area (TPSA) is 67.8 Å². The summed E-state index contributed by atoms with van der Waals surface area (Å²) in [5.74, 6) is -0.816. The molecular formula is C19H21F2NO4. The van der Waals surface area contributed by atoms with Crippen molar-refractivity contribution in [2.75, 3.05) is 6.61 Å². The Morgan fingerprint density at radius 1 is 1.12 bits per heavy atom. The largest absolute Gasteiger partial charge is 0.490 e. The third kappa shape index (κ3) is 6.00. The van der Waals surface area contributed by atoms with Gasteiger partial charge < -0.3 is 19.9 Å². The standard InChI is InChI=1S/C19H21F2NO4/c1-2-25-17-11-14(8-9-16(17)26-19(20)21)12-22-15(18(23)24)10-13-6-4-3-5-7-13/h3-9,11,15,19,22H,2,10,12H2,1H3,(H,23,24)/t15-/m0/s1. The third-order valence-electron chi connectivity index (χ3n) is 3.66. The number of nitrogens with one attached hydrogen (secondary N) is 1. The number of hydrogen-bond acceptors (Lipinski definition) is 4. The van der Waals surface area contributed by atoms with Crippen molar-refractivity contribution in [2.24, 2.45) is 0 Å². The van der Waals surface area contributed by atoms with Crippen LogP contribution < -0.4 is 14.8 Å². The molecule has 0 heterocycles. The van der Waals surface area contributed by atoms with Crippen molar-refractivity contribution in [3.8, 4) is 11.5 Å². The second-order valence-corrected chi connectivity index (χ2v) is 5.55. The minimum Gasteiger partial charge on any atom is -0.490 e. The Balaban J connectivity index is 2.06. The molecule has 2 N–H and O–H groups in total. The Labute approximate surface area is 150 Å². The average molecular weight is 365 g/mol. The van der Waals surface area contributed by atoms with Crippen LogP contribution in [0.1, 0.15) is 18.1 Å². The van der Waals surface area contributed by atoms with Gasteiger partial charge in [0.1, 0.15) is 6.04 Å². The molecule has 2 rings (SSSR count). The van der Waals surface area contributed by atoms with Gasteiger partial charge in [0.25, 0.3) is 0 Å². The molecule has 2 aromatic carbocycles. The van der Waals surface area contributed by atoms with E-state index in [-0.39, 0.29) is 18.0 Å². The second-order valence-electron chi connectivity index (χ2n) is 5.55. The number of hydrogen-bond donors (Lipinski definition) is 2. The summed E-state index contributed by atoms with van der Waals surface area (Å²) in [6, 6.07) is 13.1. The van der Waals surface area contributed by atoms with E-state index >= 15 is 0 Å². The normalized spacial score (nSPS) is 12.0. The van der Waals surface area contributed by atoms with Gasteiger partial charge in [-0.3, -0.25) is 4.79 Å². The molecule has 0 aliphatic heterocycles. The molecule has 7 heteroatoms. The summed E-state index contributed by atoms with van der Waals surface area (Å²) in [5, 5.41) is 12.4. The van der Waals surface area contributed by atoms with E-state index in [1.54, 1.807) is 19.1 Å². The summed E-state index contributed by atoms with van der Waals surface area (Å²) in [7, 11) is 0. The van der Waals surface area contributed by atoms with Crippen LogP contribution in [0.2, 0.25) is 0 Å². The molecule has 0 saturated carbocycles. The Morgan fingerprint density at radius 3 is 2.46 bits per heavy atom. The quantitative estimate of drug-likeness (QED) is 0.675. The number of halogens is 2. The highest BCUT2D eigenvalue weighted by Gasteiger charge is 2.18. The average Bonchev–Trinajstić information content (AvgIpc) is 2.61. The van der Waals surface area contributed by atoms with E-state index < -0.39 is 18.6 Å². The molecule has 0 aliphatic carbocycles. The first-order valence-corrected chi connectivity index (χ1v) is 8.20. The predicted octanol–water partition coefficient (Wildman–Crippen LogP) is 3.47. The maximum absolute atomic E-state index is 12.4. The summed E-state index contributed by atoms with van der Waals surface area (Å²) in [6.45, 7) is -0.668. The number of carbonyl (C=O) groups is 1. The van der Waals surface area contributed by atoms with Gasteiger partial charge in [0.2, 0.25) is 0 Å². The first-order valence-electron chi connectivity index (χ1n) is 8.20. The van der Waals surface area contributed by atoms with Crippen LogP contribution in [0.3, 0.4) is 0 Å². The van der Waals surface area contributed by atoms with Crippen LogP contribution in [-0.4, -0.2) is 30.3 Å². The lowest BCUT2D eigenvalue weighted by molar-refractivity contribution is -0.139. The highest BCUT2D eigenvalue weighted by atomic mass is 19.3. The zero-order valence-corrected chi connectivity index (χ0v) is 14.3. The Hall–Kier alpha value is -2.67. The summed E-state index contributed by atoms with van der Waals surface area (Å²) >= 11 is 0. The number of benzene rings is 2. The maximum atomic E-state index is 12.4. The van der Waals surface area contributed by atoms with Gasteiger partial charge in [0.15, 0.2) is 11.5 Å². The van der Waals surface area contributed by atoms with E-state index in [0.717, 1.165) is 5.56 Å². The van der Waals surface area contributed by atoms with Crippen molar-refractivity contribution in [1.82, 2.24) is 5.32 Å². The monoisotopic (exact) mass is 365 g/mol. The highest BCUT2D eigenvalue weighted by molar-refractivity contribution is 5.73. The fourth-order valence-electron chi connectivity index (χ4n) is 2.46. The molecule has 0 radical (unpaired) electrons. The van der Waals surface area contributed by atoms with E-state index in [2.05, 4.69) is 10.1 Å². The molecule has 2 aromatic rings. The van der Waals surface area contributed by atoms with Crippen molar-refractivity contribution in [3.63, 3.8) is 0 Å². The van der Waals surface area contributed by atoms with E-state index in [9.17, 15) is 18.7 Å². The van der Waals surface area contributed by atoms with Crippen molar-refractivity contribution < 1.29 is 28.2 Å². The molecule has 5 nitrogen and oxygen atoms in total. The number of alkyl halides is 2. The Morgan fingerprint density at radius 2 is 1.85 bits per heavy atom. The van der Waals surface area contributed by atoms with E-state index in [4.69, 9.17) is 4.74 Å². The number of aliphatic carboxylic acids is 1. The van der Waals surface area contributed by atoms with Gasteiger partial charge in [-0.25, -0.2) is 0 Å². The van der Waals surface area contributed by atoms with Gasteiger partial charge in [-0.05, 0) is 36.6 Å². The molecule has 26 heavy (non-hydrogen) atoms. The first kappa shape index (κ1) is 19.7. The van der Waals surface area contributed by atoms with E-state index in [1.807, 2.05) is 30.3 Å². The molecular weight excluding hydrogens is 344 g/mol. The minimum absolute atomic E-state index is 0.0512. The predicted molar refractivity (Wildman–Crippen MR) is 92.7 cm³/mol. The zero-order chi connectivity index (χ0) is 18.9. The summed E-state index contributed by atoms with van der Waals surface area (Å²) < 4.78 is 34.6. The molecule has 0 aliphatic rings. The van der Waals surface area contributed by atoms with Crippen LogP contribution in [0.4, 0.5) is 8.78 Å². The highest BCUT2D eigenvalue weighted by Crippen LogP contribution is 2.29.